The third kappa shape index (κ3) is 5.10. The van der Waals surface area contributed by atoms with Crippen LogP contribution in [0.15, 0.2) is 94.5 Å². The number of nitrogens with two attached hydrogens (primary N) is 1. The normalized spacial score (nSPS) is 10.7. The first-order valence-corrected chi connectivity index (χ1v) is 11.1. The van der Waals surface area contributed by atoms with Crippen LogP contribution < -0.4 is 21.9 Å². The number of aromatic nitrogens is 2. The third-order valence-corrected chi connectivity index (χ3v) is 5.82. The molecule has 4 aromatic rings. The van der Waals surface area contributed by atoms with E-state index in [1.54, 1.807) is 24.3 Å². The van der Waals surface area contributed by atoms with Gasteiger partial charge in [0, 0.05) is 5.02 Å². The van der Waals surface area contributed by atoms with Crippen molar-refractivity contribution in [3.8, 4) is 0 Å². The Morgan fingerprint density at radius 2 is 1.47 bits per heavy atom. The Labute approximate surface area is 201 Å². The van der Waals surface area contributed by atoms with Gasteiger partial charge in [-0.15, -0.1) is 0 Å². The van der Waals surface area contributed by atoms with Crippen LogP contribution >= 0.6 is 11.6 Å². The van der Waals surface area contributed by atoms with Crippen molar-refractivity contribution < 1.29 is 4.79 Å². The Morgan fingerprint density at radius 1 is 0.882 bits per heavy atom. The van der Waals surface area contributed by atoms with Crippen LogP contribution in [0.5, 0.6) is 0 Å². The van der Waals surface area contributed by atoms with Crippen LogP contribution in [0.1, 0.15) is 16.7 Å². The number of nitrogens with one attached hydrogen (secondary N) is 1. The smallest absolute Gasteiger partial charge is 0.330 e. The number of benzene rings is 3. The topological polar surface area (TPSA) is 101 Å². The van der Waals surface area contributed by atoms with Gasteiger partial charge >= 0.3 is 5.69 Å². The lowest BCUT2D eigenvalue weighted by atomic mass is 10.1. The Bertz CT molecular complexity index is 1420. The molecule has 34 heavy (non-hydrogen) atoms. The molecule has 7 nitrogen and oxygen atoms in total. The number of anilines is 2. The average molecular weight is 475 g/mol. The maximum absolute atomic E-state index is 13.5. The molecule has 3 N–H and O–H groups in total. The molecular weight excluding hydrogens is 452 g/mol. The second kappa shape index (κ2) is 10.2. The zero-order valence-corrected chi connectivity index (χ0v) is 19.0. The summed E-state index contributed by atoms with van der Waals surface area (Å²) in [6.07, 6.45) is -0.0385. The van der Waals surface area contributed by atoms with Crippen molar-refractivity contribution in [1.82, 2.24) is 9.55 Å². The number of carbonyl (C=O) groups excluding carboxylic acids is 1. The summed E-state index contributed by atoms with van der Waals surface area (Å²) in [5.41, 5.74) is 7.18. The standard InChI is InChI=1S/C26H23ClN4O3/c27-21-14-8-7-13-20(21)15-22(32)30(16-18-9-3-1-4-10-18)23-24(28)31(26(34)29-25(23)33)17-19-11-5-2-6-12-19/h1-14H,15-17,28H2,(H,29,33,34). The summed E-state index contributed by atoms with van der Waals surface area (Å²) >= 11 is 6.27. The van der Waals surface area contributed by atoms with Gasteiger partial charge < -0.3 is 5.73 Å². The molecule has 0 fully saturated rings. The monoisotopic (exact) mass is 474 g/mol. The van der Waals surface area contributed by atoms with Crippen LogP contribution in [-0.2, 0) is 24.3 Å². The summed E-state index contributed by atoms with van der Waals surface area (Å²) < 4.78 is 1.26. The van der Waals surface area contributed by atoms with Crippen molar-refractivity contribution in [3.05, 3.63) is 127 Å². The first-order valence-electron chi connectivity index (χ1n) is 10.7. The fourth-order valence-corrected chi connectivity index (χ4v) is 3.92. The first-order chi connectivity index (χ1) is 16.4. The van der Waals surface area contributed by atoms with Gasteiger partial charge in [-0.25, -0.2) is 4.79 Å². The number of aromatic amines is 1. The van der Waals surface area contributed by atoms with E-state index in [0.717, 1.165) is 11.1 Å². The van der Waals surface area contributed by atoms with Crippen molar-refractivity contribution in [3.63, 3.8) is 0 Å². The molecule has 4 rings (SSSR count). The van der Waals surface area contributed by atoms with Gasteiger partial charge in [0.05, 0.1) is 19.5 Å². The van der Waals surface area contributed by atoms with E-state index in [9.17, 15) is 14.4 Å². The highest BCUT2D eigenvalue weighted by atomic mass is 35.5. The number of nitrogen functional groups attached to an aromatic ring is 1. The number of carbonyl (C=O) groups is 1. The van der Waals surface area contributed by atoms with Gasteiger partial charge in [-0.2, -0.15) is 0 Å². The molecule has 0 spiro atoms. The van der Waals surface area contributed by atoms with Gasteiger partial charge in [0.1, 0.15) is 5.82 Å². The summed E-state index contributed by atoms with van der Waals surface area (Å²) in [6, 6.07) is 25.5. The highest BCUT2D eigenvalue weighted by molar-refractivity contribution is 6.31. The second-order valence-electron chi connectivity index (χ2n) is 7.80. The van der Waals surface area contributed by atoms with E-state index in [4.69, 9.17) is 17.3 Å². The Hall–Kier alpha value is -4.10. The van der Waals surface area contributed by atoms with E-state index in [0.29, 0.717) is 10.6 Å². The SMILES string of the molecule is Nc1c(N(Cc2ccccc2)C(=O)Cc2ccccc2Cl)c(=O)[nH]c(=O)n1Cc1ccccc1. The number of nitrogens with zero attached hydrogens (tertiary/aromatic N) is 2. The van der Waals surface area contributed by atoms with E-state index >= 15 is 0 Å². The fourth-order valence-electron chi connectivity index (χ4n) is 3.72. The Balaban J connectivity index is 1.79. The van der Waals surface area contributed by atoms with Crippen molar-refractivity contribution in [1.29, 1.82) is 0 Å². The molecule has 0 radical (unpaired) electrons. The Kier molecular flexibility index (Phi) is 6.94. The molecule has 0 saturated heterocycles. The molecule has 0 aliphatic carbocycles. The molecule has 8 heteroatoms. The van der Waals surface area contributed by atoms with Crippen LogP contribution in [0.3, 0.4) is 0 Å². The quantitative estimate of drug-likeness (QED) is 0.427. The number of amides is 1. The summed E-state index contributed by atoms with van der Waals surface area (Å²) in [5, 5.41) is 0.450. The van der Waals surface area contributed by atoms with Gasteiger partial charge in [0.15, 0.2) is 5.69 Å². The van der Waals surface area contributed by atoms with E-state index in [1.807, 2.05) is 60.7 Å². The van der Waals surface area contributed by atoms with Crippen molar-refractivity contribution in [2.24, 2.45) is 0 Å². The highest BCUT2D eigenvalue weighted by Gasteiger charge is 2.25. The molecule has 3 aromatic carbocycles. The molecule has 1 amide bonds. The lowest BCUT2D eigenvalue weighted by molar-refractivity contribution is -0.118. The van der Waals surface area contributed by atoms with Gasteiger partial charge in [-0.1, -0.05) is 90.5 Å². The number of hydrogen-bond acceptors (Lipinski definition) is 4. The summed E-state index contributed by atoms with van der Waals surface area (Å²) in [6.45, 7) is 0.244. The minimum absolute atomic E-state index is 0.0385. The Morgan fingerprint density at radius 3 is 2.12 bits per heavy atom. The predicted molar refractivity (Wildman–Crippen MR) is 134 cm³/mol. The molecule has 0 bridgehead atoms. The minimum atomic E-state index is -0.727. The molecule has 0 aliphatic rings. The molecule has 0 atom stereocenters. The molecule has 1 heterocycles. The van der Waals surface area contributed by atoms with E-state index < -0.39 is 11.2 Å². The lowest BCUT2D eigenvalue weighted by Gasteiger charge is -2.25. The first kappa shape index (κ1) is 23.1. The highest BCUT2D eigenvalue weighted by Crippen LogP contribution is 2.23. The number of rotatable bonds is 7. The van der Waals surface area contributed by atoms with Crippen molar-refractivity contribution in [2.45, 2.75) is 19.5 Å². The van der Waals surface area contributed by atoms with E-state index in [1.165, 1.54) is 9.47 Å². The van der Waals surface area contributed by atoms with Gasteiger partial charge in [-0.3, -0.25) is 24.0 Å². The molecular formula is C26H23ClN4O3. The van der Waals surface area contributed by atoms with Gasteiger partial charge in [-0.05, 0) is 22.8 Å². The largest absolute Gasteiger partial charge is 0.383 e. The average Bonchev–Trinajstić information content (AvgIpc) is 2.84. The van der Waals surface area contributed by atoms with Gasteiger partial charge in [0.25, 0.3) is 5.56 Å². The van der Waals surface area contributed by atoms with Gasteiger partial charge in [0.2, 0.25) is 5.91 Å². The molecule has 1 aromatic heterocycles. The fraction of sp³-hybridized carbons (Fsp3) is 0.115. The third-order valence-electron chi connectivity index (χ3n) is 5.45. The summed E-state index contributed by atoms with van der Waals surface area (Å²) in [7, 11) is 0. The second-order valence-corrected chi connectivity index (χ2v) is 8.21. The number of halogens is 1. The van der Waals surface area contributed by atoms with E-state index in [-0.39, 0.29) is 36.9 Å². The summed E-state index contributed by atoms with van der Waals surface area (Å²) in [5.74, 6) is -0.458. The van der Waals surface area contributed by atoms with Crippen molar-refractivity contribution >= 4 is 29.0 Å². The van der Waals surface area contributed by atoms with Crippen LogP contribution in [0.2, 0.25) is 5.02 Å². The van der Waals surface area contributed by atoms with Crippen LogP contribution in [0.25, 0.3) is 0 Å². The lowest BCUT2D eigenvalue weighted by Crippen LogP contribution is -2.41. The number of H-pyrrole nitrogens is 1. The molecule has 0 aliphatic heterocycles. The van der Waals surface area contributed by atoms with Crippen molar-refractivity contribution in [2.75, 3.05) is 10.6 Å². The zero-order valence-electron chi connectivity index (χ0n) is 18.3. The maximum atomic E-state index is 13.5. The molecule has 0 unspecified atom stereocenters. The van der Waals surface area contributed by atoms with Crippen LogP contribution in [0.4, 0.5) is 11.5 Å². The number of hydrogen-bond donors (Lipinski definition) is 2. The minimum Gasteiger partial charge on any atom is -0.383 e. The predicted octanol–water partition coefficient (Wildman–Crippen LogP) is 3.60. The van der Waals surface area contributed by atoms with Crippen LogP contribution in [-0.4, -0.2) is 15.5 Å². The maximum Gasteiger partial charge on any atom is 0.330 e. The van der Waals surface area contributed by atoms with E-state index in [2.05, 4.69) is 4.98 Å². The molecule has 172 valence electrons. The summed E-state index contributed by atoms with van der Waals surface area (Å²) in [4.78, 5) is 42.7. The van der Waals surface area contributed by atoms with Crippen LogP contribution in [0, 0.1) is 0 Å². The zero-order chi connectivity index (χ0) is 24.1. The molecule has 0 saturated carbocycles.